The second kappa shape index (κ2) is 8.25. The van der Waals surface area contributed by atoms with Gasteiger partial charge in [-0.1, -0.05) is 24.0 Å². The molecule has 128 valence electrons. The highest BCUT2D eigenvalue weighted by molar-refractivity contribution is 8.24. The molecule has 24 heavy (non-hydrogen) atoms. The number of rotatable bonds is 6. The predicted octanol–water partition coefficient (Wildman–Crippen LogP) is 2.61. The van der Waals surface area contributed by atoms with E-state index in [4.69, 9.17) is 12.2 Å². The van der Waals surface area contributed by atoms with Crippen LogP contribution in [-0.2, 0) is 14.4 Å². The summed E-state index contributed by atoms with van der Waals surface area (Å²) in [5.41, 5.74) is 1.33. The minimum absolute atomic E-state index is 0.0129. The lowest BCUT2D eigenvalue weighted by atomic mass is 10.2. The fourth-order valence-electron chi connectivity index (χ4n) is 2.24. The van der Waals surface area contributed by atoms with Gasteiger partial charge in [-0.2, -0.15) is 0 Å². The molecule has 0 radical (unpaired) electrons. The van der Waals surface area contributed by atoms with E-state index >= 15 is 0 Å². The zero-order valence-corrected chi connectivity index (χ0v) is 15.1. The van der Waals surface area contributed by atoms with Crippen molar-refractivity contribution in [2.45, 2.75) is 31.9 Å². The van der Waals surface area contributed by atoms with Gasteiger partial charge in [0.15, 0.2) is 0 Å². The Labute approximate surface area is 150 Å². The number of anilines is 2. The number of nitrogens with one attached hydrogen (secondary N) is 2. The zero-order valence-electron chi connectivity index (χ0n) is 13.5. The number of benzene rings is 1. The van der Waals surface area contributed by atoms with Crippen LogP contribution in [0, 0.1) is 0 Å². The average Bonchev–Trinajstić information content (AvgIpc) is 2.75. The molecule has 0 bridgehead atoms. The van der Waals surface area contributed by atoms with E-state index in [2.05, 4.69) is 10.6 Å². The van der Waals surface area contributed by atoms with Crippen molar-refractivity contribution >= 4 is 57.4 Å². The maximum atomic E-state index is 12.0. The minimum Gasteiger partial charge on any atom is -0.326 e. The van der Waals surface area contributed by atoms with E-state index in [9.17, 15) is 14.4 Å². The third-order valence-electron chi connectivity index (χ3n) is 3.39. The van der Waals surface area contributed by atoms with Gasteiger partial charge in [0.2, 0.25) is 17.7 Å². The van der Waals surface area contributed by atoms with Crippen molar-refractivity contribution in [2.24, 2.45) is 0 Å². The minimum atomic E-state index is -0.145. The molecule has 1 aliphatic rings. The number of thioether (sulfide) groups is 1. The fourth-order valence-corrected chi connectivity index (χ4v) is 3.69. The Bertz CT molecular complexity index is 661. The van der Waals surface area contributed by atoms with Crippen molar-refractivity contribution < 1.29 is 14.4 Å². The fraction of sp³-hybridized carbons (Fsp3) is 0.375. The van der Waals surface area contributed by atoms with Crippen LogP contribution in [-0.4, -0.2) is 38.7 Å². The predicted molar refractivity (Wildman–Crippen MR) is 100.0 cm³/mol. The van der Waals surface area contributed by atoms with E-state index < -0.39 is 0 Å². The summed E-state index contributed by atoms with van der Waals surface area (Å²) in [6, 6.07) is 6.88. The molecule has 1 fully saturated rings. The molecule has 1 aromatic rings. The number of amides is 3. The molecular weight excluding hydrogens is 346 g/mol. The van der Waals surface area contributed by atoms with Crippen LogP contribution in [0.25, 0.3) is 0 Å². The molecule has 0 aliphatic carbocycles. The summed E-state index contributed by atoms with van der Waals surface area (Å²) in [6.07, 6.45) is 0.855. The van der Waals surface area contributed by atoms with Gasteiger partial charge in [-0.15, -0.1) is 0 Å². The van der Waals surface area contributed by atoms with E-state index in [0.717, 1.165) is 0 Å². The number of thiocarbonyl (C=S) groups is 1. The Morgan fingerprint density at radius 3 is 2.29 bits per heavy atom. The Kier molecular flexibility index (Phi) is 6.33. The highest BCUT2D eigenvalue weighted by atomic mass is 32.2. The molecule has 0 spiro atoms. The van der Waals surface area contributed by atoms with Crippen LogP contribution in [0.2, 0.25) is 0 Å². The van der Waals surface area contributed by atoms with Crippen LogP contribution < -0.4 is 10.6 Å². The number of carbonyl (C=O) groups is 3. The standard InChI is InChI=1S/C16H19N3O3S2/c1-10-15(22)19(16(23)24-10)9-3-4-14(21)18-13-7-5-12(6-8-13)17-11(2)20/h5-8,10H,3-4,9H2,1-2H3,(H,17,20)(H,18,21). The van der Waals surface area contributed by atoms with Crippen LogP contribution in [0.15, 0.2) is 24.3 Å². The molecule has 1 heterocycles. The first-order valence-corrected chi connectivity index (χ1v) is 8.85. The molecule has 2 rings (SSSR count). The molecule has 6 nitrogen and oxygen atoms in total. The first-order valence-electron chi connectivity index (χ1n) is 7.56. The summed E-state index contributed by atoms with van der Waals surface area (Å²) in [5, 5.41) is 5.31. The molecule has 1 atom stereocenters. The van der Waals surface area contributed by atoms with Crippen LogP contribution in [0.5, 0.6) is 0 Å². The van der Waals surface area contributed by atoms with Crippen molar-refractivity contribution in [3.63, 3.8) is 0 Å². The quantitative estimate of drug-likeness (QED) is 0.758. The van der Waals surface area contributed by atoms with Crippen LogP contribution >= 0.6 is 24.0 Å². The monoisotopic (exact) mass is 365 g/mol. The maximum absolute atomic E-state index is 12.0. The first-order chi connectivity index (χ1) is 11.4. The summed E-state index contributed by atoms with van der Waals surface area (Å²) in [4.78, 5) is 36.4. The largest absolute Gasteiger partial charge is 0.326 e. The summed E-state index contributed by atoms with van der Waals surface area (Å²) in [6.45, 7) is 3.73. The van der Waals surface area contributed by atoms with Crippen molar-refractivity contribution in [1.29, 1.82) is 0 Å². The third kappa shape index (κ3) is 5.04. The average molecular weight is 365 g/mol. The maximum Gasteiger partial charge on any atom is 0.241 e. The summed E-state index contributed by atoms with van der Waals surface area (Å²) in [7, 11) is 0. The molecular formula is C16H19N3O3S2. The van der Waals surface area contributed by atoms with E-state index in [0.29, 0.717) is 35.1 Å². The molecule has 1 saturated heterocycles. The topological polar surface area (TPSA) is 78.5 Å². The lowest BCUT2D eigenvalue weighted by Crippen LogP contribution is -2.32. The number of hydrogen-bond acceptors (Lipinski definition) is 5. The van der Waals surface area contributed by atoms with Gasteiger partial charge in [-0.25, -0.2) is 0 Å². The van der Waals surface area contributed by atoms with Crippen molar-refractivity contribution in [3.05, 3.63) is 24.3 Å². The first kappa shape index (κ1) is 18.4. The van der Waals surface area contributed by atoms with Crippen molar-refractivity contribution in [1.82, 2.24) is 4.90 Å². The van der Waals surface area contributed by atoms with Gasteiger partial charge in [-0.3, -0.25) is 19.3 Å². The molecule has 1 aliphatic heterocycles. The molecule has 3 amide bonds. The van der Waals surface area contributed by atoms with Crippen LogP contribution in [0.1, 0.15) is 26.7 Å². The Morgan fingerprint density at radius 2 is 1.79 bits per heavy atom. The Morgan fingerprint density at radius 1 is 1.21 bits per heavy atom. The van der Waals surface area contributed by atoms with Gasteiger partial charge < -0.3 is 10.6 Å². The molecule has 0 aromatic heterocycles. The smallest absolute Gasteiger partial charge is 0.241 e. The molecule has 1 aromatic carbocycles. The highest BCUT2D eigenvalue weighted by Gasteiger charge is 2.33. The van der Waals surface area contributed by atoms with Gasteiger partial charge in [0, 0.05) is 31.3 Å². The lowest BCUT2D eigenvalue weighted by Gasteiger charge is -2.14. The number of nitrogens with zero attached hydrogens (tertiary/aromatic N) is 1. The number of carbonyl (C=O) groups excluding carboxylic acids is 3. The molecule has 2 N–H and O–H groups in total. The second-order valence-electron chi connectivity index (χ2n) is 5.43. The molecule has 0 saturated carbocycles. The van der Waals surface area contributed by atoms with E-state index in [-0.39, 0.29) is 23.0 Å². The molecule has 8 heteroatoms. The van der Waals surface area contributed by atoms with Crippen LogP contribution in [0.3, 0.4) is 0 Å². The van der Waals surface area contributed by atoms with Crippen LogP contribution in [0.4, 0.5) is 11.4 Å². The van der Waals surface area contributed by atoms with Gasteiger partial charge in [0.05, 0.1) is 5.25 Å². The normalized spacial score (nSPS) is 17.1. The van der Waals surface area contributed by atoms with Gasteiger partial charge in [-0.05, 0) is 37.6 Å². The SMILES string of the molecule is CC(=O)Nc1ccc(NC(=O)CCCN2C(=O)C(C)SC2=S)cc1. The lowest BCUT2D eigenvalue weighted by molar-refractivity contribution is -0.126. The van der Waals surface area contributed by atoms with E-state index in [1.54, 1.807) is 29.2 Å². The Balaban J connectivity index is 1.76. The van der Waals surface area contributed by atoms with E-state index in [1.165, 1.54) is 18.7 Å². The van der Waals surface area contributed by atoms with Crippen molar-refractivity contribution in [3.8, 4) is 0 Å². The second-order valence-corrected chi connectivity index (χ2v) is 7.40. The number of hydrogen-bond donors (Lipinski definition) is 2. The van der Waals surface area contributed by atoms with E-state index in [1.807, 2.05) is 6.92 Å². The summed E-state index contributed by atoms with van der Waals surface area (Å²) < 4.78 is 0.585. The molecule has 1 unspecified atom stereocenters. The summed E-state index contributed by atoms with van der Waals surface area (Å²) >= 11 is 6.54. The van der Waals surface area contributed by atoms with Crippen molar-refractivity contribution in [2.75, 3.05) is 17.2 Å². The van der Waals surface area contributed by atoms with Gasteiger partial charge in [0.1, 0.15) is 4.32 Å². The highest BCUT2D eigenvalue weighted by Crippen LogP contribution is 2.26. The Hall–Kier alpha value is -1.93. The summed E-state index contributed by atoms with van der Waals surface area (Å²) in [5.74, 6) is -0.256. The van der Waals surface area contributed by atoms with Gasteiger partial charge in [0.25, 0.3) is 0 Å². The zero-order chi connectivity index (χ0) is 17.7. The van der Waals surface area contributed by atoms with Gasteiger partial charge >= 0.3 is 0 Å². The third-order valence-corrected chi connectivity index (χ3v) is 4.87.